The molecule has 2 aromatic rings. The fourth-order valence-corrected chi connectivity index (χ4v) is 6.30. The fourth-order valence-electron chi connectivity index (χ4n) is 6.30. The predicted molar refractivity (Wildman–Crippen MR) is 136 cm³/mol. The zero-order valence-corrected chi connectivity index (χ0v) is 22.1. The van der Waals surface area contributed by atoms with Gasteiger partial charge in [-0.1, -0.05) is 24.3 Å². The third-order valence-electron chi connectivity index (χ3n) is 8.10. The molecule has 1 aliphatic heterocycles. The summed E-state index contributed by atoms with van der Waals surface area (Å²) < 4.78 is 13.4. The number of methoxy groups -OCH3 is 2. The van der Waals surface area contributed by atoms with E-state index in [9.17, 15) is 28.8 Å². The minimum atomic E-state index is -1.68. The monoisotopic (exact) mass is 536 g/mol. The van der Waals surface area contributed by atoms with E-state index < -0.39 is 64.5 Å². The number of amides is 1. The molecule has 1 N–H and O–H groups in total. The van der Waals surface area contributed by atoms with Gasteiger partial charge in [0, 0.05) is 36.1 Å². The highest BCUT2D eigenvalue weighted by atomic mass is 16.5. The van der Waals surface area contributed by atoms with E-state index >= 15 is 0 Å². The molecule has 1 amide bonds. The standard InChI is InChI=1S/C27H28N4O8/c1-13-18-19-17(31-26(37)29(3)25(36)30(13)31)12-15(23(34)38-4)11-16(24(35)39-5)20(19)27(2,21(18)32)28-22(33)14-9-7-6-8-10-14/h6-11,13,16-17,20H,12H2,1-5H3,(H,28,33)/t13-,16+,17+,20?,27+/m0/s1. The molecule has 1 aromatic carbocycles. The zero-order valence-electron chi connectivity index (χ0n) is 22.1. The largest absolute Gasteiger partial charge is 0.469 e. The molecule has 2 heterocycles. The third-order valence-corrected chi connectivity index (χ3v) is 8.10. The summed E-state index contributed by atoms with van der Waals surface area (Å²) in [5.41, 5.74) is -1.97. The quantitative estimate of drug-likeness (QED) is 0.554. The molecule has 5 rings (SSSR count). The molecule has 0 saturated carbocycles. The molecular weight excluding hydrogens is 508 g/mol. The normalized spacial score (nSPS) is 27.2. The maximum atomic E-state index is 14.3. The van der Waals surface area contributed by atoms with E-state index in [0.29, 0.717) is 11.1 Å². The van der Waals surface area contributed by atoms with E-state index in [0.717, 1.165) is 4.57 Å². The number of Topliss-reactive ketones (excluding diaryl/α,β-unsaturated/α-hetero) is 1. The molecule has 1 aromatic heterocycles. The lowest BCUT2D eigenvalue weighted by Crippen LogP contribution is -2.57. The average molecular weight is 537 g/mol. The van der Waals surface area contributed by atoms with Gasteiger partial charge < -0.3 is 14.8 Å². The van der Waals surface area contributed by atoms with Gasteiger partial charge in [-0.05, 0) is 31.6 Å². The van der Waals surface area contributed by atoms with E-state index in [-0.39, 0.29) is 17.6 Å². The number of nitrogens with zero attached hydrogens (tertiary/aromatic N) is 3. The second-order valence-corrected chi connectivity index (χ2v) is 10.1. The first-order valence-electron chi connectivity index (χ1n) is 12.4. The van der Waals surface area contributed by atoms with Crippen molar-refractivity contribution in [2.24, 2.45) is 18.9 Å². The van der Waals surface area contributed by atoms with Crippen molar-refractivity contribution >= 4 is 23.6 Å². The topological polar surface area (TPSA) is 148 Å². The van der Waals surface area contributed by atoms with Crippen molar-refractivity contribution < 1.29 is 28.7 Å². The number of rotatable bonds is 4. The second kappa shape index (κ2) is 9.07. The number of nitrogens with one attached hydrogen (secondary N) is 1. The summed E-state index contributed by atoms with van der Waals surface area (Å²) in [4.78, 5) is 80.2. The van der Waals surface area contributed by atoms with Crippen LogP contribution in [0.1, 0.15) is 42.7 Å². The van der Waals surface area contributed by atoms with Crippen LogP contribution in [0, 0.1) is 11.8 Å². The number of ketones is 1. The van der Waals surface area contributed by atoms with Crippen LogP contribution in [0.4, 0.5) is 0 Å². The van der Waals surface area contributed by atoms with Crippen LogP contribution >= 0.6 is 0 Å². The Labute approximate surface area is 222 Å². The molecule has 12 nitrogen and oxygen atoms in total. The highest BCUT2D eigenvalue weighted by molar-refractivity contribution is 6.11. The van der Waals surface area contributed by atoms with Gasteiger partial charge in [-0.3, -0.25) is 14.4 Å². The van der Waals surface area contributed by atoms with Gasteiger partial charge in [0.05, 0.1) is 32.2 Å². The molecule has 2 aliphatic carbocycles. The van der Waals surface area contributed by atoms with E-state index in [4.69, 9.17) is 9.47 Å². The number of fused-ring (bicyclic) bond motifs is 2. The van der Waals surface area contributed by atoms with Gasteiger partial charge in [0.2, 0.25) is 0 Å². The molecular formula is C27H28N4O8. The van der Waals surface area contributed by atoms with E-state index in [2.05, 4.69) is 5.32 Å². The van der Waals surface area contributed by atoms with Crippen LogP contribution in [0.3, 0.4) is 0 Å². The van der Waals surface area contributed by atoms with Gasteiger partial charge in [-0.2, -0.15) is 0 Å². The first-order valence-corrected chi connectivity index (χ1v) is 12.4. The number of aromatic nitrogens is 3. The fraction of sp³-hybridized carbons (Fsp3) is 0.407. The van der Waals surface area contributed by atoms with Gasteiger partial charge in [0.25, 0.3) is 5.91 Å². The molecule has 1 unspecified atom stereocenters. The Bertz CT molecular complexity index is 1610. The SMILES string of the molecule is COC(=O)C1=C[C@@H](C(=O)OC)C2C3=C(C(=O)[C@]2(C)NC(=O)c2ccccc2)[C@H](C)n2c(=O)n(C)c(=O)n2[C@@H]3C1. The molecule has 0 saturated heterocycles. The van der Waals surface area contributed by atoms with Crippen LogP contribution in [0.25, 0.3) is 0 Å². The lowest BCUT2D eigenvalue weighted by Gasteiger charge is -2.37. The molecule has 39 heavy (non-hydrogen) atoms. The Morgan fingerprint density at radius 3 is 2.26 bits per heavy atom. The first-order chi connectivity index (χ1) is 18.5. The summed E-state index contributed by atoms with van der Waals surface area (Å²) in [5, 5.41) is 2.84. The highest BCUT2D eigenvalue weighted by Crippen LogP contribution is 2.54. The van der Waals surface area contributed by atoms with E-state index in [1.165, 1.54) is 43.6 Å². The Hall–Kier alpha value is -4.48. The van der Waals surface area contributed by atoms with Crippen molar-refractivity contribution in [1.82, 2.24) is 19.2 Å². The Morgan fingerprint density at radius 2 is 1.64 bits per heavy atom. The lowest BCUT2D eigenvalue weighted by atomic mass is 9.74. The Kier molecular flexibility index (Phi) is 6.08. The Morgan fingerprint density at radius 1 is 1.00 bits per heavy atom. The first kappa shape index (κ1) is 26.1. The number of benzene rings is 1. The van der Waals surface area contributed by atoms with Gasteiger partial charge >= 0.3 is 23.3 Å². The van der Waals surface area contributed by atoms with Crippen LogP contribution in [0.2, 0.25) is 0 Å². The summed E-state index contributed by atoms with van der Waals surface area (Å²) in [7, 11) is 3.70. The van der Waals surface area contributed by atoms with Crippen LogP contribution in [-0.4, -0.2) is 57.3 Å². The van der Waals surface area contributed by atoms with Crippen LogP contribution in [0.5, 0.6) is 0 Å². The number of ether oxygens (including phenoxy) is 2. The molecule has 0 radical (unpaired) electrons. The maximum Gasteiger partial charge on any atom is 0.347 e. The van der Waals surface area contributed by atoms with Crippen LogP contribution < -0.4 is 16.7 Å². The number of carbonyl (C=O) groups excluding carboxylic acids is 4. The number of carbonyl (C=O) groups is 4. The predicted octanol–water partition coefficient (Wildman–Crippen LogP) is 0.441. The molecule has 0 fully saturated rings. The smallest absolute Gasteiger partial charge is 0.347 e. The van der Waals surface area contributed by atoms with E-state index in [1.54, 1.807) is 37.3 Å². The lowest BCUT2D eigenvalue weighted by molar-refractivity contribution is -0.146. The van der Waals surface area contributed by atoms with Crippen LogP contribution in [-0.2, 0) is 30.9 Å². The summed E-state index contributed by atoms with van der Waals surface area (Å²) in [6.45, 7) is 3.13. The van der Waals surface area contributed by atoms with Gasteiger partial charge in [0.1, 0.15) is 5.54 Å². The summed E-state index contributed by atoms with van der Waals surface area (Å²) >= 11 is 0. The van der Waals surface area contributed by atoms with Crippen molar-refractivity contribution in [3.63, 3.8) is 0 Å². The zero-order chi connectivity index (χ0) is 28.4. The molecule has 204 valence electrons. The Balaban J connectivity index is 1.79. The van der Waals surface area contributed by atoms with Crippen molar-refractivity contribution in [3.8, 4) is 0 Å². The number of esters is 2. The molecule has 12 heteroatoms. The van der Waals surface area contributed by atoms with Crippen molar-refractivity contribution in [3.05, 3.63) is 79.7 Å². The minimum Gasteiger partial charge on any atom is -0.469 e. The summed E-state index contributed by atoms with van der Waals surface area (Å²) in [6, 6.07) is 6.43. The molecule has 0 spiro atoms. The van der Waals surface area contributed by atoms with Crippen molar-refractivity contribution in [2.45, 2.75) is 37.9 Å². The third kappa shape index (κ3) is 3.57. The van der Waals surface area contributed by atoms with Crippen LogP contribution in [0.15, 0.2) is 62.7 Å². The summed E-state index contributed by atoms with van der Waals surface area (Å²) in [6.07, 6.45) is 1.26. The molecule has 3 aliphatic rings. The molecule has 5 atom stereocenters. The maximum absolute atomic E-state index is 14.3. The highest BCUT2D eigenvalue weighted by Gasteiger charge is 2.62. The minimum absolute atomic E-state index is 0.0765. The average Bonchev–Trinajstić information content (AvgIpc) is 3.20. The number of hydrogen-bond acceptors (Lipinski definition) is 8. The van der Waals surface area contributed by atoms with Gasteiger partial charge in [0.15, 0.2) is 5.78 Å². The van der Waals surface area contributed by atoms with Gasteiger partial charge in [-0.25, -0.2) is 28.3 Å². The second-order valence-electron chi connectivity index (χ2n) is 10.1. The van der Waals surface area contributed by atoms with Gasteiger partial charge in [-0.15, -0.1) is 0 Å². The number of hydrogen-bond donors (Lipinski definition) is 1. The van der Waals surface area contributed by atoms with Crippen molar-refractivity contribution in [2.75, 3.05) is 14.2 Å². The van der Waals surface area contributed by atoms with Crippen molar-refractivity contribution in [1.29, 1.82) is 0 Å². The van der Waals surface area contributed by atoms with E-state index in [1.807, 2.05) is 0 Å². The molecule has 0 bridgehead atoms. The summed E-state index contributed by atoms with van der Waals surface area (Å²) in [5.74, 6) is -4.71.